The maximum atomic E-state index is 5.76. The van der Waals surface area contributed by atoms with Gasteiger partial charge in [-0.2, -0.15) is 0 Å². The van der Waals surface area contributed by atoms with Crippen molar-refractivity contribution in [3.05, 3.63) is 18.3 Å². The third-order valence-electron chi connectivity index (χ3n) is 1.34. The van der Waals surface area contributed by atoms with Crippen LogP contribution in [0.25, 0.3) is 0 Å². The van der Waals surface area contributed by atoms with Gasteiger partial charge in [-0.25, -0.2) is 4.98 Å². The number of aromatic nitrogens is 1. The van der Waals surface area contributed by atoms with E-state index in [0.29, 0.717) is 5.88 Å². The highest BCUT2D eigenvalue weighted by atomic mass is 28.4. The van der Waals surface area contributed by atoms with Crippen molar-refractivity contribution in [3.63, 3.8) is 0 Å². The molecule has 0 amide bonds. The highest BCUT2D eigenvalue weighted by Crippen LogP contribution is 2.19. The second kappa shape index (κ2) is 3.78. The van der Waals surface area contributed by atoms with Crippen LogP contribution in [0.15, 0.2) is 18.3 Å². The lowest BCUT2D eigenvalue weighted by molar-refractivity contribution is 0.395. The van der Waals surface area contributed by atoms with Gasteiger partial charge in [0.2, 0.25) is 14.2 Å². The van der Waals surface area contributed by atoms with E-state index >= 15 is 0 Å². The Balaban J connectivity index is 2.78. The van der Waals surface area contributed by atoms with Gasteiger partial charge < -0.3 is 9.16 Å². The fourth-order valence-corrected chi connectivity index (χ4v) is 1.75. The lowest BCUT2D eigenvalue weighted by atomic mass is 10.4. The molecule has 0 saturated heterocycles. The number of ether oxygens (including phenoxy) is 1. The molecule has 0 radical (unpaired) electrons. The smallest absolute Gasteiger partial charge is 0.242 e. The van der Waals surface area contributed by atoms with Crippen LogP contribution >= 0.6 is 0 Å². The summed E-state index contributed by atoms with van der Waals surface area (Å²) in [7, 11) is 0.0808. The van der Waals surface area contributed by atoms with Gasteiger partial charge in [0, 0.05) is 12.3 Å². The molecule has 0 aliphatic carbocycles. The number of methoxy groups -OCH3 is 1. The van der Waals surface area contributed by atoms with Crippen LogP contribution in [0.4, 0.5) is 0 Å². The van der Waals surface area contributed by atoms with E-state index in [9.17, 15) is 0 Å². The molecule has 1 rings (SSSR count). The summed E-state index contributed by atoms with van der Waals surface area (Å²) in [5, 5.41) is 0. The van der Waals surface area contributed by atoms with Crippen LogP contribution in [-0.2, 0) is 0 Å². The third-order valence-corrected chi connectivity index (χ3v) is 2.19. The van der Waals surface area contributed by atoms with E-state index < -0.39 is 8.32 Å². The first-order valence-electron chi connectivity index (χ1n) is 4.20. The van der Waals surface area contributed by atoms with Gasteiger partial charge >= 0.3 is 0 Å². The first-order valence-corrected chi connectivity index (χ1v) is 7.61. The van der Waals surface area contributed by atoms with Gasteiger partial charge in [-0.15, -0.1) is 0 Å². The number of hydrogen-bond donors (Lipinski definition) is 0. The van der Waals surface area contributed by atoms with Crippen LogP contribution in [0.5, 0.6) is 11.6 Å². The van der Waals surface area contributed by atoms with Gasteiger partial charge in [0.15, 0.2) is 0 Å². The highest BCUT2D eigenvalue weighted by Gasteiger charge is 2.16. The van der Waals surface area contributed by atoms with E-state index in [1.807, 2.05) is 6.07 Å². The van der Waals surface area contributed by atoms with Crippen LogP contribution < -0.4 is 9.16 Å². The van der Waals surface area contributed by atoms with Gasteiger partial charge in [0.05, 0.1) is 7.11 Å². The van der Waals surface area contributed by atoms with Gasteiger partial charge in [-0.1, -0.05) is 0 Å². The molecule has 0 aromatic carbocycles. The Morgan fingerprint density at radius 2 is 2.00 bits per heavy atom. The van der Waals surface area contributed by atoms with Crippen molar-refractivity contribution in [2.45, 2.75) is 19.6 Å². The second-order valence-corrected chi connectivity index (χ2v) is 8.18. The normalized spacial score (nSPS) is 11.1. The Kier molecular flexibility index (Phi) is 2.93. The summed E-state index contributed by atoms with van der Waals surface area (Å²) in [6, 6.07) is 3.65. The number of pyridine rings is 1. The van der Waals surface area contributed by atoms with Crippen molar-refractivity contribution >= 4 is 8.32 Å². The first kappa shape index (κ1) is 10.1. The van der Waals surface area contributed by atoms with E-state index in [2.05, 4.69) is 24.6 Å². The largest absolute Gasteiger partial charge is 0.544 e. The number of rotatable bonds is 3. The Morgan fingerprint density at radius 1 is 1.31 bits per heavy atom. The molecule has 0 spiro atoms. The van der Waals surface area contributed by atoms with E-state index in [0.717, 1.165) is 5.75 Å². The minimum Gasteiger partial charge on any atom is -0.544 e. The minimum atomic E-state index is -1.52. The lowest BCUT2D eigenvalue weighted by Crippen LogP contribution is -2.29. The molecule has 72 valence electrons. The van der Waals surface area contributed by atoms with Crippen molar-refractivity contribution in [3.8, 4) is 11.6 Å². The maximum Gasteiger partial charge on any atom is 0.242 e. The van der Waals surface area contributed by atoms with E-state index in [1.165, 1.54) is 0 Å². The van der Waals surface area contributed by atoms with Gasteiger partial charge in [-0.05, 0) is 25.7 Å². The Bertz CT molecular complexity index is 283. The van der Waals surface area contributed by atoms with E-state index in [-0.39, 0.29) is 0 Å². The summed E-state index contributed by atoms with van der Waals surface area (Å²) < 4.78 is 10.8. The van der Waals surface area contributed by atoms with Crippen LogP contribution in [-0.4, -0.2) is 20.4 Å². The second-order valence-electron chi connectivity index (χ2n) is 3.75. The van der Waals surface area contributed by atoms with Crippen LogP contribution in [0.3, 0.4) is 0 Å². The molecule has 0 N–H and O–H groups in total. The van der Waals surface area contributed by atoms with Crippen molar-refractivity contribution < 1.29 is 9.16 Å². The number of nitrogens with zero attached hydrogens (tertiary/aromatic N) is 1. The van der Waals surface area contributed by atoms with Crippen molar-refractivity contribution in [1.82, 2.24) is 4.98 Å². The average molecular weight is 197 g/mol. The zero-order chi connectivity index (χ0) is 9.90. The topological polar surface area (TPSA) is 31.4 Å². The Labute approximate surface area is 79.8 Å². The molecule has 1 aromatic rings. The van der Waals surface area contributed by atoms with Gasteiger partial charge in [0.1, 0.15) is 5.75 Å². The molecule has 1 aromatic heterocycles. The molecule has 0 aliphatic rings. The van der Waals surface area contributed by atoms with Gasteiger partial charge in [0.25, 0.3) is 0 Å². The summed E-state index contributed by atoms with van der Waals surface area (Å²) in [6.07, 6.45) is 1.69. The predicted octanol–water partition coefficient (Wildman–Crippen LogP) is 2.30. The van der Waals surface area contributed by atoms with Gasteiger partial charge in [-0.3, -0.25) is 0 Å². The molecule has 0 aliphatic heterocycles. The van der Waals surface area contributed by atoms with E-state index in [4.69, 9.17) is 9.16 Å². The molecule has 1 heterocycles. The SMILES string of the molecule is COc1cc(O[Si](C)(C)C)ccn1. The van der Waals surface area contributed by atoms with E-state index in [1.54, 1.807) is 19.4 Å². The van der Waals surface area contributed by atoms with Crippen LogP contribution in [0, 0.1) is 0 Å². The summed E-state index contributed by atoms with van der Waals surface area (Å²) in [5.74, 6) is 1.43. The lowest BCUT2D eigenvalue weighted by Gasteiger charge is -2.18. The standard InChI is InChI=1S/C9H15NO2Si/c1-11-9-7-8(5-6-10-9)12-13(2,3)4/h5-7H,1-4H3. The summed E-state index contributed by atoms with van der Waals surface area (Å²) in [6.45, 7) is 6.42. The monoisotopic (exact) mass is 197 g/mol. The minimum absolute atomic E-state index is 0.593. The van der Waals surface area contributed by atoms with Crippen LogP contribution in [0.1, 0.15) is 0 Å². The zero-order valence-corrected chi connectivity index (χ0v) is 9.50. The molecular formula is C9H15NO2Si. The summed E-state index contributed by atoms with van der Waals surface area (Å²) in [5.41, 5.74) is 0. The predicted molar refractivity (Wildman–Crippen MR) is 54.8 cm³/mol. The molecule has 0 bridgehead atoms. The average Bonchev–Trinajstić information content (AvgIpc) is 2.01. The fraction of sp³-hybridized carbons (Fsp3) is 0.444. The van der Waals surface area contributed by atoms with Crippen molar-refractivity contribution in [1.29, 1.82) is 0 Å². The third kappa shape index (κ3) is 3.46. The maximum absolute atomic E-state index is 5.76. The fourth-order valence-electron chi connectivity index (χ4n) is 0.920. The quantitative estimate of drug-likeness (QED) is 0.697. The highest BCUT2D eigenvalue weighted by molar-refractivity contribution is 6.70. The number of hydrogen-bond acceptors (Lipinski definition) is 3. The van der Waals surface area contributed by atoms with Crippen molar-refractivity contribution in [2.24, 2.45) is 0 Å². The zero-order valence-electron chi connectivity index (χ0n) is 8.50. The molecular weight excluding hydrogens is 182 g/mol. The summed E-state index contributed by atoms with van der Waals surface area (Å²) >= 11 is 0. The van der Waals surface area contributed by atoms with Crippen molar-refractivity contribution in [2.75, 3.05) is 7.11 Å². The Morgan fingerprint density at radius 3 is 2.54 bits per heavy atom. The molecule has 0 unspecified atom stereocenters. The molecule has 0 saturated carbocycles. The molecule has 0 atom stereocenters. The molecule has 3 nitrogen and oxygen atoms in total. The summed E-state index contributed by atoms with van der Waals surface area (Å²) in [4.78, 5) is 4.00. The molecule has 4 heteroatoms. The molecule has 13 heavy (non-hydrogen) atoms. The molecule has 0 fully saturated rings. The first-order chi connectivity index (χ1) is 6.01. The Hall–Kier alpha value is -1.03. The van der Waals surface area contributed by atoms with Crippen LogP contribution in [0.2, 0.25) is 19.6 Å².